The van der Waals surface area contributed by atoms with Crippen molar-refractivity contribution in [3.8, 4) is 6.07 Å². The molecule has 0 N–H and O–H groups in total. The first-order valence-electron chi connectivity index (χ1n) is 8.87. The van der Waals surface area contributed by atoms with E-state index in [2.05, 4.69) is 29.9 Å². The summed E-state index contributed by atoms with van der Waals surface area (Å²) in [5, 5.41) is 9.11. The topological polar surface area (TPSA) is 114 Å². The number of nitriles is 1. The summed E-state index contributed by atoms with van der Waals surface area (Å²) in [5.41, 5.74) is 6.32. The van der Waals surface area contributed by atoms with E-state index in [0.29, 0.717) is 38.6 Å². The molecule has 4 aromatic heterocycles. The number of fused-ring (bicyclic) bond motifs is 7. The molecule has 5 rings (SSSR count). The van der Waals surface area contributed by atoms with Crippen LogP contribution in [0.4, 0.5) is 4.39 Å². The fourth-order valence-corrected chi connectivity index (χ4v) is 3.24. The van der Waals surface area contributed by atoms with Crippen LogP contribution >= 0.6 is 0 Å². The Bertz CT molecular complexity index is 1570. The van der Waals surface area contributed by atoms with Crippen molar-refractivity contribution in [3.05, 3.63) is 40.4 Å². The van der Waals surface area contributed by atoms with Gasteiger partial charge in [0, 0.05) is 0 Å². The summed E-state index contributed by atoms with van der Waals surface area (Å²) in [6.45, 7) is 7.47. The summed E-state index contributed by atoms with van der Waals surface area (Å²) in [6, 6.07) is 3.11. The second kappa shape index (κ2) is 5.78. The standard InChI is InChI=1S/C20H13FN8/c1-7-9(3)25-15-13(23-7)14-16(26-10(4)8(2)24-14)18-17(15)27-12-5-11(6-22)19(21)29-20(12)28-18/h5H,1-4H3. The highest BCUT2D eigenvalue weighted by atomic mass is 19.1. The van der Waals surface area contributed by atoms with E-state index in [9.17, 15) is 4.39 Å². The molecule has 0 atom stereocenters. The van der Waals surface area contributed by atoms with Crippen molar-refractivity contribution < 1.29 is 4.39 Å². The zero-order valence-electron chi connectivity index (χ0n) is 16.0. The van der Waals surface area contributed by atoms with Crippen LogP contribution in [0, 0.1) is 45.0 Å². The molecule has 140 valence electrons. The number of benzene rings is 1. The van der Waals surface area contributed by atoms with Crippen molar-refractivity contribution in [2.75, 3.05) is 0 Å². The van der Waals surface area contributed by atoms with Crippen LogP contribution in [-0.2, 0) is 0 Å². The highest BCUT2D eigenvalue weighted by Crippen LogP contribution is 2.31. The number of halogens is 1. The molecule has 0 unspecified atom stereocenters. The molecular formula is C20H13FN8. The Balaban J connectivity index is 2.10. The number of rotatable bonds is 0. The van der Waals surface area contributed by atoms with E-state index in [0.717, 1.165) is 22.8 Å². The molecule has 0 aliphatic carbocycles. The Morgan fingerprint density at radius 3 is 1.52 bits per heavy atom. The summed E-state index contributed by atoms with van der Waals surface area (Å²) in [7, 11) is 0. The van der Waals surface area contributed by atoms with E-state index >= 15 is 0 Å². The molecule has 0 aliphatic heterocycles. The molecule has 0 bridgehead atoms. The summed E-state index contributed by atoms with van der Waals surface area (Å²) in [5.74, 6) is -0.886. The third-order valence-corrected chi connectivity index (χ3v) is 5.02. The van der Waals surface area contributed by atoms with E-state index in [1.54, 1.807) is 6.07 Å². The minimum absolute atomic E-state index is 0.0893. The Labute approximate surface area is 163 Å². The van der Waals surface area contributed by atoms with Crippen molar-refractivity contribution in [2.45, 2.75) is 27.7 Å². The van der Waals surface area contributed by atoms with Gasteiger partial charge < -0.3 is 0 Å². The Morgan fingerprint density at radius 1 is 0.655 bits per heavy atom. The molecule has 0 saturated heterocycles. The SMILES string of the molecule is Cc1nc2c3nc(C)c(C)nc3c3nc4nc(F)c(C#N)cc4nc3c2nc1C. The second-order valence-electron chi connectivity index (χ2n) is 6.89. The normalized spacial score (nSPS) is 11.6. The van der Waals surface area contributed by atoms with Gasteiger partial charge in [0.15, 0.2) is 5.65 Å². The predicted molar refractivity (Wildman–Crippen MR) is 105 cm³/mol. The first kappa shape index (κ1) is 17.2. The lowest BCUT2D eigenvalue weighted by Crippen LogP contribution is -2.03. The minimum Gasteiger partial charge on any atom is -0.247 e. The van der Waals surface area contributed by atoms with Gasteiger partial charge in [0.25, 0.3) is 0 Å². The number of nitrogens with zero attached hydrogens (tertiary/aromatic N) is 8. The van der Waals surface area contributed by atoms with Crippen molar-refractivity contribution >= 4 is 44.3 Å². The molecule has 0 fully saturated rings. The van der Waals surface area contributed by atoms with Crippen LogP contribution in [0.1, 0.15) is 28.3 Å². The van der Waals surface area contributed by atoms with Gasteiger partial charge in [-0.3, -0.25) is 0 Å². The zero-order valence-corrected chi connectivity index (χ0v) is 16.0. The first-order chi connectivity index (χ1) is 13.9. The van der Waals surface area contributed by atoms with Gasteiger partial charge in [-0.25, -0.2) is 29.9 Å². The summed E-state index contributed by atoms with van der Waals surface area (Å²) in [6.07, 6.45) is 0. The molecule has 0 spiro atoms. The van der Waals surface area contributed by atoms with Gasteiger partial charge in [-0.2, -0.15) is 14.6 Å². The lowest BCUT2D eigenvalue weighted by Gasteiger charge is -2.11. The molecule has 5 aromatic rings. The van der Waals surface area contributed by atoms with E-state index in [1.165, 1.54) is 6.07 Å². The monoisotopic (exact) mass is 384 g/mol. The molecule has 0 aliphatic rings. The van der Waals surface area contributed by atoms with Crippen LogP contribution in [0.5, 0.6) is 0 Å². The Kier molecular flexibility index (Phi) is 3.43. The molecule has 0 amide bonds. The number of aromatic nitrogens is 7. The third-order valence-electron chi connectivity index (χ3n) is 5.02. The van der Waals surface area contributed by atoms with Crippen LogP contribution in [-0.4, -0.2) is 34.9 Å². The zero-order chi connectivity index (χ0) is 20.4. The van der Waals surface area contributed by atoms with E-state index < -0.39 is 5.95 Å². The number of hydrogen-bond acceptors (Lipinski definition) is 8. The fraction of sp³-hybridized carbons (Fsp3) is 0.200. The predicted octanol–water partition coefficient (Wildman–Crippen LogP) is 3.31. The smallest absolute Gasteiger partial charge is 0.232 e. The maximum Gasteiger partial charge on any atom is 0.232 e. The average Bonchev–Trinajstić information content (AvgIpc) is 2.69. The van der Waals surface area contributed by atoms with Gasteiger partial charge >= 0.3 is 0 Å². The molecule has 4 heterocycles. The van der Waals surface area contributed by atoms with Gasteiger partial charge in [0.1, 0.15) is 50.2 Å². The van der Waals surface area contributed by atoms with E-state index in [1.807, 2.05) is 27.7 Å². The quantitative estimate of drug-likeness (QED) is 0.227. The fourth-order valence-electron chi connectivity index (χ4n) is 3.24. The summed E-state index contributed by atoms with van der Waals surface area (Å²) in [4.78, 5) is 31.7. The molecule has 29 heavy (non-hydrogen) atoms. The largest absolute Gasteiger partial charge is 0.247 e. The first-order valence-corrected chi connectivity index (χ1v) is 8.87. The summed E-state index contributed by atoms with van der Waals surface area (Å²) >= 11 is 0. The molecule has 1 aromatic carbocycles. The molecular weight excluding hydrogens is 371 g/mol. The second-order valence-corrected chi connectivity index (χ2v) is 6.89. The number of hydrogen-bond donors (Lipinski definition) is 0. The van der Waals surface area contributed by atoms with Crippen molar-refractivity contribution in [2.24, 2.45) is 0 Å². The highest BCUT2D eigenvalue weighted by molar-refractivity contribution is 6.18. The van der Waals surface area contributed by atoms with Crippen LogP contribution in [0.15, 0.2) is 6.07 Å². The highest BCUT2D eigenvalue weighted by Gasteiger charge is 2.20. The van der Waals surface area contributed by atoms with Crippen molar-refractivity contribution in [1.82, 2.24) is 34.9 Å². The lowest BCUT2D eigenvalue weighted by atomic mass is 10.1. The number of aryl methyl sites for hydroxylation is 4. The van der Waals surface area contributed by atoms with Gasteiger partial charge in [0.2, 0.25) is 5.95 Å². The van der Waals surface area contributed by atoms with E-state index in [4.69, 9.17) is 10.2 Å². The van der Waals surface area contributed by atoms with Crippen molar-refractivity contribution in [1.29, 1.82) is 5.26 Å². The Hall–Kier alpha value is -3.93. The molecule has 0 radical (unpaired) electrons. The van der Waals surface area contributed by atoms with Crippen molar-refractivity contribution in [3.63, 3.8) is 0 Å². The molecule has 0 saturated carbocycles. The third kappa shape index (κ3) is 2.39. The Morgan fingerprint density at radius 2 is 1.07 bits per heavy atom. The van der Waals surface area contributed by atoms with Crippen LogP contribution in [0.3, 0.4) is 0 Å². The maximum absolute atomic E-state index is 14.0. The molecule has 9 heteroatoms. The minimum atomic E-state index is -0.886. The van der Waals surface area contributed by atoms with Gasteiger partial charge in [-0.1, -0.05) is 0 Å². The van der Waals surface area contributed by atoms with E-state index in [-0.39, 0.29) is 11.2 Å². The van der Waals surface area contributed by atoms with Crippen LogP contribution < -0.4 is 0 Å². The average molecular weight is 384 g/mol. The summed E-state index contributed by atoms with van der Waals surface area (Å²) < 4.78 is 14.0. The van der Waals surface area contributed by atoms with Gasteiger partial charge in [0.05, 0.1) is 22.8 Å². The van der Waals surface area contributed by atoms with Crippen LogP contribution in [0.25, 0.3) is 44.3 Å². The van der Waals surface area contributed by atoms with Gasteiger partial charge in [-0.15, -0.1) is 0 Å². The lowest BCUT2D eigenvalue weighted by molar-refractivity contribution is 0.584. The van der Waals surface area contributed by atoms with Crippen LogP contribution in [0.2, 0.25) is 0 Å². The van der Waals surface area contributed by atoms with Gasteiger partial charge in [-0.05, 0) is 33.8 Å². The molecule has 8 nitrogen and oxygen atoms in total. The number of pyridine rings is 1. The maximum atomic E-state index is 14.0.